The molecule has 0 bridgehead atoms. The minimum Gasteiger partial charge on any atom is -0.322 e. The van der Waals surface area contributed by atoms with E-state index in [1.54, 1.807) is 0 Å². The zero-order valence-electron chi connectivity index (χ0n) is 14.2. The van der Waals surface area contributed by atoms with Gasteiger partial charge in [-0.3, -0.25) is 9.59 Å². The smallest absolute Gasteiger partial charge is 0.227 e. The van der Waals surface area contributed by atoms with Crippen molar-refractivity contribution in [2.75, 3.05) is 0 Å². The van der Waals surface area contributed by atoms with Crippen LogP contribution in [-0.2, 0) is 11.2 Å². The summed E-state index contributed by atoms with van der Waals surface area (Å²) in [6.45, 7) is 5.74. The summed E-state index contributed by atoms with van der Waals surface area (Å²) in [6, 6.07) is 15.7. The lowest BCUT2D eigenvalue weighted by Gasteiger charge is -2.11. The van der Waals surface area contributed by atoms with E-state index < -0.39 is 0 Å². The van der Waals surface area contributed by atoms with Crippen molar-refractivity contribution in [2.45, 2.75) is 27.2 Å². The second-order valence-electron chi connectivity index (χ2n) is 6.32. The molecule has 0 radical (unpaired) electrons. The maximum absolute atomic E-state index is 12.8. The molecule has 0 fully saturated rings. The van der Waals surface area contributed by atoms with Gasteiger partial charge in [0.1, 0.15) is 0 Å². The van der Waals surface area contributed by atoms with E-state index in [4.69, 9.17) is 0 Å². The highest BCUT2D eigenvalue weighted by molar-refractivity contribution is 6.23. The largest absolute Gasteiger partial charge is 0.322 e. The van der Waals surface area contributed by atoms with Crippen LogP contribution in [0.25, 0.3) is 5.57 Å². The maximum atomic E-state index is 12.8. The molecule has 0 saturated heterocycles. The molecule has 2 aromatic carbocycles. The molecular formula is C21H21NO2. The van der Waals surface area contributed by atoms with E-state index in [2.05, 4.69) is 24.4 Å². The highest BCUT2D eigenvalue weighted by Gasteiger charge is 2.31. The van der Waals surface area contributed by atoms with Crippen molar-refractivity contribution in [1.29, 1.82) is 0 Å². The van der Waals surface area contributed by atoms with E-state index in [1.165, 1.54) is 5.56 Å². The van der Waals surface area contributed by atoms with Gasteiger partial charge in [0.25, 0.3) is 0 Å². The van der Waals surface area contributed by atoms with Crippen LogP contribution in [0, 0.1) is 5.92 Å². The summed E-state index contributed by atoms with van der Waals surface area (Å²) >= 11 is 0. The third kappa shape index (κ3) is 2.78. The number of rotatable bonds is 4. The van der Waals surface area contributed by atoms with Gasteiger partial charge in [0.15, 0.2) is 0 Å². The molecule has 0 aliphatic heterocycles. The van der Waals surface area contributed by atoms with Gasteiger partial charge in [-0.2, -0.15) is 0 Å². The molecule has 1 N–H and O–H groups in total. The van der Waals surface area contributed by atoms with Gasteiger partial charge in [-0.05, 0) is 23.1 Å². The van der Waals surface area contributed by atoms with E-state index in [1.807, 2.05) is 50.2 Å². The molecule has 122 valence electrons. The zero-order chi connectivity index (χ0) is 17.3. The van der Waals surface area contributed by atoms with Gasteiger partial charge in [-0.1, -0.05) is 69.3 Å². The number of nitrogens with one attached hydrogen (secondary N) is 1. The Morgan fingerprint density at radius 2 is 1.62 bits per heavy atom. The van der Waals surface area contributed by atoms with Crippen LogP contribution < -0.4 is 5.32 Å². The van der Waals surface area contributed by atoms with Crippen LogP contribution in [0.5, 0.6) is 0 Å². The molecule has 1 aliphatic rings. The van der Waals surface area contributed by atoms with Crippen LogP contribution in [0.2, 0.25) is 0 Å². The first-order valence-electron chi connectivity index (χ1n) is 8.31. The molecule has 24 heavy (non-hydrogen) atoms. The Hall–Kier alpha value is -2.68. The quantitative estimate of drug-likeness (QED) is 0.926. The zero-order valence-corrected chi connectivity index (χ0v) is 14.2. The van der Waals surface area contributed by atoms with Gasteiger partial charge in [0.05, 0.1) is 5.70 Å². The lowest BCUT2D eigenvalue weighted by atomic mass is 9.97. The van der Waals surface area contributed by atoms with Crippen molar-refractivity contribution < 1.29 is 9.59 Å². The Bertz CT molecular complexity index is 829. The number of hydrogen-bond acceptors (Lipinski definition) is 2. The first-order chi connectivity index (χ1) is 11.5. The average Bonchev–Trinajstić information content (AvgIpc) is 2.87. The number of carbonyl (C=O) groups excluding carboxylic acids is 2. The molecule has 3 heteroatoms. The van der Waals surface area contributed by atoms with Crippen LogP contribution in [0.1, 0.15) is 47.8 Å². The maximum Gasteiger partial charge on any atom is 0.227 e. The van der Waals surface area contributed by atoms with Crippen LogP contribution in [0.15, 0.2) is 54.2 Å². The normalized spacial score (nSPS) is 13.4. The number of amides is 1. The molecule has 0 spiro atoms. The van der Waals surface area contributed by atoms with E-state index in [0.717, 1.165) is 23.1 Å². The van der Waals surface area contributed by atoms with Crippen molar-refractivity contribution >= 4 is 17.3 Å². The molecule has 3 nitrogen and oxygen atoms in total. The number of Topliss-reactive ketones (excluding diaryl/α,β-unsaturated/α-hetero) is 1. The monoisotopic (exact) mass is 319 g/mol. The van der Waals surface area contributed by atoms with Crippen LogP contribution >= 0.6 is 0 Å². The number of allylic oxidation sites excluding steroid dienone is 1. The van der Waals surface area contributed by atoms with Crippen LogP contribution in [0.3, 0.4) is 0 Å². The fraction of sp³-hybridized carbons (Fsp3) is 0.238. The Morgan fingerprint density at radius 1 is 1.00 bits per heavy atom. The number of carbonyl (C=O) groups is 2. The third-order valence-electron chi connectivity index (χ3n) is 4.34. The fourth-order valence-corrected chi connectivity index (χ4v) is 2.88. The minimum atomic E-state index is -0.183. The summed E-state index contributed by atoms with van der Waals surface area (Å²) in [7, 11) is 0. The van der Waals surface area contributed by atoms with Crippen molar-refractivity contribution in [2.24, 2.45) is 5.92 Å². The molecule has 0 aromatic heterocycles. The van der Waals surface area contributed by atoms with Crippen molar-refractivity contribution in [1.82, 2.24) is 5.32 Å². The number of fused-ring (bicyclic) bond motifs is 1. The topological polar surface area (TPSA) is 46.2 Å². The first-order valence-corrected chi connectivity index (χ1v) is 8.31. The molecular weight excluding hydrogens is 298 g/mol. The van der Waals surface area contributed by atoms with E-state index in [-0.39, 0.29) is 17.6 Å². The Labute approximate surface area is 142 Å². The lowest BCUT2D eigenvalue weighted by Crippen LogP contribution is -2.30. The summed E-state index contributed by atoms with van der Waals surface area (Å²) in [5.41, 5.74) is 4.91. The summed E-state index contributed by atoms with van der Waals surface area (Å²) < 4.78 is 0. The van der Waals surface area contributed by atoms with Gasteiger partial charge in [-0.15, -0.1) is 0 Å². The van der Waals surface area contributed by atoms with E-state index >= 15 is 0 Å². The molecule has 2 aromatic rings. The van der Waals surface area contributed by atoms with Gasteiger partial charge in [0.2, 0.25) is 11.7 Å². The molecule has 3 rings (SSSR count). The molecule has 0 heterocycles. The number of ketones is 1. The van der Waals surface area contributed by atoms with Crippen LogP contribution in [0.4, 0.5) is 0 Å². The number of hydrogen-bond donors (Lipinski definition) is 1. The lowest BCUT2D eigenvalue weighted by molar-refractivity contribution is -0.123. The first kappa shape index (κ1) is 16.2. The van der Waals surface area contributed by atoms with Gasteiger partial charge >= 0.3 is 0 Å². The Morgan fingerprint density at radius 3 is 2.21 bits per heavy atom. The van der Waals surface area contributed by atoms with Crippen molar-refractivity contribution in [3.8, 4) is 0 Å². The summed E-state index contributed by atoms with van der Waals surface area (Å²) in [6.07, 6.45) is 0.964. The average molecular weight is 319 g/mol. The molecule has 1 aliphatic carbocycles. The molecule has 0 saturated carbocycles. The van der Waals surface area contributed by atoms with Gasteiger partial charge < -0.3 is 5.32 Å². The predicted octanol–water partition coefficient (Wildman–Crippen LogP) is 3.98. The second-order valence-corrected chi connectivity index (χ2v) is 6.32. The Balaban J connectivity index is 2.14. The summed E-state index contributed by atoms with van der Waals surface area (Å²) in [4.78, 5) is 25.0. The number of benzene rings is 2. The number of aryl methyl sites for hydroxylation is 1. The van der Waals surface area contributed by atoms with Crippen molar-refractivity contribution in [3.05, 3.63) is 76.5 Å². The second kappa shape index (κ2) is 6.44. The van der Waals surface area contributed by atoms with Crippen LogP contribution in [-0.4, -0.2) is 11.7 Å². The standard InChI is InChI=1S/C21H21NO2/c1-4-14-9-11-15(12-10-14)18-16-7-5-6-8-17(16)20(23)19(18)22-21(24)13(2)3/h5-13H,4H2,1-3H3,(H,22,23,24). The SMILES string of the molecule is CCc1ccc(C2=C(NC(=O)C(C)C)C(=O)c3ccccc32)cc1. The highest BCUT2D eigenvalue weighted by atomic mass is 16.2. The molecule has 1 amide bonds. The molecule has 0 atom stereocenters. The summed E-state index contributed by atoms with van der Waals surface area (Å²) in [5, 5.41) is 2.84. The van der Waals surface area contributed by atoms with Crippen molar-refractivity contribution in [3.63, 3.8) is 0 Å². The van der Waals surface area contributed by atoms with Gasteiger partial charge in [0, 0.05) is 17.1 Å². The predicted molar refractivity (Wildman–Crippen MR) is 95.6 cm³/mol. The van der Waals surface area contributed by atoms with Gasteiger partial charge in [-0.25, -0.2) is 0 Å². The molecule has 0 unspecified atom stereocenters. The van der Waals surface area contributed by atoms with E-state index in [0.29, 0.717) is 11.3 Å². The minimum absolute atomic E-state index is 0.117. The summed E-state index contributed by atoms with van der Waals surface area (Å²) in [5.74, 6) is -0.444. The Kier molecular flexibility index (Phi) is 4.34. The fourth-order valence-electron chi connectivity index (χ4n) is 2.88. The van der Waals surface area contributed by atoms with E-state index in [9.17, 15) is 9.59 Å². The third-order valence-corrected chi connectivity index (χ3v) is 4.34. The highest BCUT2D eigenvalue weighted by Crippen LogP contribution is 2.36.